The highest BCUT2D eigenvalue weighted by Crippen LogP contribution is 2.23. The molecule has 0 aliphatic heterocycles. The van der Waals surface area contributed by atoms with Gasteiger partial charge in [0.05, 0.1) is 12.8 Å². The normalized spacial score (nSPS) is 9.47. The molecule has 0 spiro atoms. The van der Waals surface area contributed by atoms with E-state index in [-0.39, 0.29) is 0 Å². The van der Waals surface area contributed by atoms with Crippen LogP contribution >= 0.6 is 28.1 Å². The third-order valence-electron chi connectivity index (χ3n) is 1.68. The van der Waals surface area contributed by atoms with Crippen molar-refractivity contribution >= 4 is 44.9 Å². The largest absolute Gasteiger partial charge is 0.453 e. The number of nitrogens with two attached hydrogens (primary N) is 1. The van der Waals surface area contributed by atoms with Crippen molar-refractivity contribution in [1.82, 2.24) is 0 Å². The molecule has 0 saturated heterocycles. The van der Waals surface area contributed by atoms with E-state index in [9.17, 15) is 4.79 Å². The highest BCUT2D eigenvalue weighted by molar-refractivity contribution is 9.10. The first kappa shape index (κ1) is 11.9. The van der Waals surface area contributed by atoms with E-state index in [1.165, 1.54) is 7.11 Å². The molecule has 0 atom stereocenters. The Morgan fingerprint density at radius 2 is 2.27 bits per heavy atom. The van der Waals surface area contributed by atoms with Crippen LogP contribution in [0.25, 0.3) is 0 Å². The Morgan fingerprint density at radius 3 is 2.73 bits per heavy atom. The average molecular weight is 289 g/mol. The van der Waals surface area contributed by atoms with Gasteiger partial charge in [0, 0.05) is 10.0 Å². The predicted molar refractivity (Wildman–Crippen MR) is 66.1 cm³/mol. The molecule has 0 aliphatic carbocycles. The number of benzene rings is 1. The Kier molecular flexibility index (Phi) is 4.05. The summed E-state index contributed by atoms with van der Waals surface area (Å²) in [5.41, 5.74) is 6.79. The molecular formula is C9H9BrN2O2S. The van der Waals surface area contributed by atoms with E-state index in [1.54, 1.807) is 18.2 Å². The molecule has 0 aliphatic rings. The fourth-order valence-electron chi connectivity index (χ4n) is 0.931. The average Bonchev–Trinajstić information content (AvgIpc) is 2.20. The van der Waals surface area contributed by atoms with Gasteiger partial charge >= 0.3 is 6.09 Å². The molecule has 0 aromatic heterocycles. The quantitative estimate of drug-likeness (QED) is 0.820. The van der Waals surface area contributed by atoms with Crippen LogP contribution in [-0.2, 0) is 4.74 Å². The van der Waals surface area contributed by atoms with Crippen LogP contribution in [-0.4, -0.2) is 18.2 Å². The monoisotopic (exact) mass is 288 g/mol. The highest BCUT2D eigenvalue weighted by Gasteiger charge is 2.06. The number of halogens is 1. The van der Waals surface area contributed by atoms with E-state index in [2.05, 4.69) is 26.0 Å². The Bertz CT molecular complexity index is 409. The second-order valence-corrected chi connectivity index (χ2v) is 3.97. The van der Waals surface area contributed by atoms with Crippen molar-refractivity contribution in [1.29, 1.82) is 0 Å². The van der Waals surface area contributed by atoms with Crippen molar-refractivity contribution in [3.05, 3.63) is 28.2 Å². The topological polar surface area (TPSA) is 64.3 Å². The number of rotatable bonds is 2. The maximum atomic E-state index is 10.9. The molecule has 0 radical (unpaired) electrons. The second kappa shape index (κ2) is 5.09. The molecule has 15 heavy (non-hydrogen) atoms. The van der Waals surface area contributed by atoms with Gasteiger partial charge in [-0.15, -0.1) is 0 Å². The number of carbonyl (C=O) groups is 1. The highest BCUT2D eigenvalue weighted by atomic mass is 79.9. The van der Waals surface area contributed by atoms with Gasteiger partial charge in [0.15, 0.2) is 0 Å². The van der Waals surface area contributed by atoms with Crippen LogP contribution in [0, 0.1) is 0 Å². The van der Waals surface area contributed by atoms with Crippen molar-refractivity contribution in [3.8, 4) is 0 Å². The number of methoxy groups -OCH3 is 1. The van der Waals surface area contributed by atoms with Gasteiger partial charge in [-0.1, -0.05) is 12.2 Å². The maximum absolute atomic E-state index is 10.9. The van der Waals surface area contributed by atoms with Crippen LogP contribution in [0.1, 0.15) is 5.56 Å². The van der Waals surface area contributed by atoms with Crippen molar-refractivity contribution < 1.29 is 9.53 Å². The Hall–Kier alpha value is -1.14. The first-order valence-corrected chi connectivity index (χ1v) is 5.19. The predicted octanol–water partition coefficient (Wildman–Crippen LogP) is 2.26. The molecule has 3 N–H and O–H groups in total. The van der Waals surface area contributed by atoms with Crippen LogP contribution in [0.2, 0.25) is 0 Å². The molecule has 1 aromatic carbocycles. The molecule has 6 heteroatoms. The third-order valence-corrected chi connectivity index (χ3v) is 2.57. The summed E-state index contributed by atoms with van der Waals surface area (Å²) in [6, 6.07) is 5.14. The van der Waals surface area contributed by atoms with Gasteiger partial charge in [-0.25, -0.2) is 4.79 Å². The second-order valence-electron chi connectivity index (χ2n) is 2.68. The maximum Gasteiger partial charge on any atom is 0.411 e. The summed E-state index contributed by atoms with van der Waals surface area (Å²) in [6.07, 6.45) is -0.529. The van der Waals surface area contributed by atoms with E-state index in [0.717, 1.165) is 5.56 Å². The lowest BCUT2D eigenvalue weighted by Gasteiger charge is -2.07. The summed E-state index contributed by atoms with van der Waals surface area (Å²) in [7, 11) is 1.30. The molecule has 0 fully saturated rings. The van der Waals surface area contributed by atoms with Crippen LogP contribution < -0.4 is 11.1 Å². The minimum Gasteiger partial charge on any atom is -0.453 e. The number of thiocarbonyl (C=S) groups is 1. The van der Waals surface area contributed by atoms with Crippen LogP contribution in [0.3, 0.4) is 0 Å². The van der Waals surface area contributed by atoms with Crippen LogP contribution in [0.5, 0.6) is 0 Å². The minimum atomic E-state index is -0.529. The molecule has 80 valence electrons. The van der Waals surface area contributed by atoms with E-state index in [4.69, 9.17) is 18.0 Å². The van der Waals surface area contributed by atoms with E-state index in [1.807, 2.05) is 0 Å². The van der Waals surface area contributed by atoms with Crippen molar-refractivity contribution in [2.24, 2.45) is 5.73 Å². The molecular weight excluding hydrogens is 280 g/mol. The van der Waals surface area contributed by atoms with Gasteiger partial charge in [-0.3, -0.25) is 5.32 Å². The molecule has 0 bridgehead atoms. The zero-order valence-corrected chi connectivity index (χ0v) is 10.3. The van der Waals surface area contributed by atoms with E-state index in [0.29, 0.717) is 15.1 Å². The fourth-order valence-corrected chi connectivity index (χ4v) is 1.54. The Balaban J connectivity index is 2.93. The summed E-state index contributed by atoms with van der Waals surface area (Å²) in [5.74, 6) is 0. The molecule has 1 amide bonds. The summed E-state index contributed by atoms with van der Waals surface area (Å²) in [6.45, 7) is 0. The smallest absolute Gasteiger partial charge is 0.411 e. The lowest BCUT2D eigenvalue weighted by Crippen LogP contribution is -2.13. The van der Waals surface area contributed by atoms with Gasteiger partial charge in [-0.2, -0.15) is 0 Å². The molecule has 4 nitrogen and oxygen atoms in total. The lowest BCUT2D eigenvalue weighted by molar-refractivity contribution is 0.187. The molecule has 1 aromatic rings. The molecule has 0 unspecified atom stereocenters. The number of ether oxygens (including phenoxy) is 1. The Morgan fingerprint density at radius 1 is 1.60 bits per heavy atom. The summed E-state index contributed by atoms with van der Waals surface area (Å²) < 4.78 is 5.16. The fraction of sp³-hybridized carbons (Fsp3) is 0.111. The standard InChI is InChI=1S/C9H9BrN2O2S/c1-14-9(13)12-7-3-2-5(8(11)15)4-6(7)10/h2-4H,1H3,(H2,11,15)(H,12,13). The number of hydrogen-bond acceptors (Lipinski definition) is 3. The third kappa shape index (κ3) is 3.17. The van der Waals surface area contributed by atoms with Crippen LogP contribution in [0.15, 0.2) is 22.7 Å². The summed E-state index contributed by atoms with van der Waals surface area (Å²) in [4.78, 5) is 11.3. The number of hydrogen-bond donors (Lipinski definition) is 2. The van der Waals surface area contributed by atoms with Gasteiger partial charge in [0.1, 0.15) is 4.99 Å². The van der Waals surface area contributed by atoms with Gasteiger partial charge in [-0.05, 0) is 34.1 Å². The SMILES string of the molecule is COC(=O)Nc1ccc(C(N)=S)cc1Br. The number of amides is 1. The van der Waals surface area contributed by atoms with Crippen molar-refractivity contribution in [3.63, 3.8) is 0 Å². The van der Waals surface area contributed by atoms with Gasteiger partial charge in [0.2, 0.25) is 0 Å². The van der Waals surface area contributed by atoms with Crippen molar-refractivity contribution in [2.75, 3.05) is 12.4 Å². The van der Waals surface area contributed by atoms with E-state index >= 15 is 0 Å². The van der Waals surface area contributed by atoms with Gasteiger partial charge in [0.25, 0.3) is 0 Å². The zero-order valence-electron chi connectivity index (χ0n) is 7.91. The summed E-state index contributed by atoms with van der Waals surface area (Å²) in [5, 5.41) is 2.53. The number of carbonyl (C=O) groups excluding carboxylic acids is 1. The van der Waals surface area contributed by atoms with Gasteiger partial charge < -0.3 is 10.5 Å². The minimum absolute atomic E-state index is 0.306. The van der Waals surface area contributed by atoms with E-state index < -0.39 is 6.09 Å². The van der Waals surface area contributed by atoms with Crippen LogP contribution in [0.4, 0.5) is 10.5 Å². The van der Waals surface area contributed by atoms with Crippen molar-refractivity contribution in [2.45, 2.75) is 0 Å². The molecule has 0 saturated carbocycles. The molecule has 0 heterocycles. The number of nitrogens with one attached hydrogen (secondary N) is 1. The molecule has 1 rings (SSSR count). The zero-order chi connectivity index (χ0) is 11.4. The summed E-state index contributed by atoms with van der Waals surface area (Å²) >= 11 is 8.11. The Labute approximate surface area is 101 Å². The lowest BCUT2D eigenvalue weighted by atomic mass is 10.2. The number of anilines is 1. The first-order valence-electron chi connectivity index (χ1n) is 3.99. The first-order chi connectivity index (χ1) is 7.04.